The fourth-order valence-electron chi connectivity index (χ4n) is 1.15. The van der Waals surface area contributed by atoms with Gasteiger partial charge in [0, 0.05) is 5.54 Å². The molecule has 1 unspecified atom stereocenters. The minimum atomic E-state index is -0.811. The molecule has 2 nitrogen and oxygen atoms in total. The minimum Gasteiger partial charge on any atom is -0.340 e. The highest BCUT2D eigenvalue weighted by Crippen LogP contribution is 2.16. The van der Waals surface area contributed by atoms with Crippen molar-refractivity contribution in [1.82, 2.24) is 8.88 Å². The van der Waals surface area contributed by atoms with Crippen molar-refractivity contribution in [3.63, 3.8) is 0 Å². The normalized spacial score (nSPS) is 30.1. The van der Waals surface area contributed by atoms with Gasteiger partial charge in [0.05, 0.1) is 0 Å². The van der Waals surface area contributed by atoms with E-state index in [-0.39, 0.29) is 9.84 Å². The average Bonchev–Trinajstić information content (AvgIpc) is 1.57. The number of nitrogens with zero attached hydrogens (tertiary/aromatic N) is 1. The van der Waals surface area contributed by atoms with Gasteiger partial charge in [0.2, 0.25) is 9.12 Å². The second-order valence-corrected chi connectivity index (χ2v) is 9.03. The van der Waals surface area contributed by atoms with Crippen molar-refractivity contribution in [3.8, 4) is 0 Å². The third-order valence-electron chi connectivity index (χ3n) is 1.89. The number of hydrogen-bond donors (Lipinski definition) is 1. The van der Waals surface area contributed by atoms with Gasteiger partial charge in [0.15, 0.2) is 9.84 Å². The molecule has 0 aromatic carbocycles. The van der Waals surface area contributed by atoms with Crippen LogP contribution in [0.2, 0.25) is 0 Å². The summed E-state index contributed by atoms with van der Waals surface area (Å²) in [7, 11) is -0.881. The molecule has 58 valence electrons. The van der Waals surface area contributed by atoms with Crippen LogP contribution in [0, 0.1) is 0 Å². The molecule has 0 aromatic heterocycles. The molecule has 1 atom stereocenters. The van der Waals surface area contributed by atoms with Crippen LogP contribution < -0.4 is 4.65 Å². The van der Waals surface area contributed by atoms with E-state index in [0.717, 1.165) is 0 Å². The van der Waals surface area contributed by atoms with Gasteiger partial charge in [0.1, 0.15) is 0 Å². The van der Waals surface area contributed by atoms with Crippen LogP contribution in [-0.2, 0) is 0 Å². The Kier molecular flexibility index (Phi) is 2.14. The van der Waals surface area contributed by atoms with Crippen LogP contribution in [-0.4, -0.2) is 28.7 Å². The van der Waals surface area contributed by atoms with Crippen molar-refractivity contribution in [2.24, 2.45) is 0 Å². The SMILES string of the molecule is C=C[SiH]1N[SiH2]N1C(C)(C)C. The van der Waals surface area contributed by atoms with Crippen LogP contribution in [0.4, 0.5) is 0 Å². The number of hydrogen-bond acceptors (Lipinski definition) is 2. The number of rotatable bonds is 1. The monoisotopic (exact) mass is 172 g/mol. The summed E-state index contributed by atoms with van der Waals surface area (Å²) >= 11 is 0. The standard InChI is InChI=1S/C6H16N2Si2/c1-5-10-7-9-8(10)6(2,3)4/h5,7,10H,1,9H2,2-4H3. The van der Waals surface area contributed by atoms with Crippen LogP contribution in [0.15, 0.2) is 12.3 Å². The van der Waals surface area contributed by atoms with Crippen molar-refractivity contribution < 1.29 is 0 Å². The van der Waals surface area contributed by atoms with Gasteiger partial charge in [-0.2, -0.15) is 0 Å². The molecule has 0 saturated carbocycles. The predicted molar refractivity (Wildman–Crippen MR) is 50.6 cm³/mol. The molecule has 10 heavy (non-hydrogen) atoms. The molecule has 1 heterocycles. The van der Waals surface area contributed by atoms with Crippen LogP contribution >= 0.6 is 0 Å². The summed E-state index contributed by atoms with van der Waals surface area (Å²) in [5.41, 5.74) is 2.50. The van der Waals surface area contributed by atoms with Gasteiger partial charge in [-0.3, -0.25) is 0 Å². The molecule has 0 aliphatic carbocycles. The second-order valence-electron chi connectivity index (χ2n) is 3.68. The quantitative estimate of drug-likeness (QED) is 0.543. The largest absolute Gasteiger partial charge is 0.340 e. The summed E-state index contributed by atoms with van der Waals surface area (Å²) < 4.78 is 6.18. The maximum absolute atomic E-state index is 3.83. The van der Waals surface area contributed by atoms with E-state index in [1.807, 2.05) is 0 Å². The molecule has 0 bridgehead atoms. The fourth-order valence-corrected chi connectivity index (χ4v) is 6.13. The topological polar surface area (TPSA) is 15.3 Å². The van der Waals surface area contributed by atoms with Gasteiger partial charge in [-0.1, -0.05) is 5.70 Å². The van der Waals surface area contributed by atoms with Crippen LogP contribution in [0.5, 0.6) is 0 Å². The maximum atomic E-state index is 3.83. The Bertz CT molecular complexity index is 141. The molecule has 0 aromatic rings. The zero-order valence-electron chi connectivity index (χ0n) is 7.02. The van der Waals surface area contributed by atoms with Gasteiger partial charge in [-0.05, 0) is 20.8 Å². The first-order valence-corrected chi connectivity index (χ1v) is 6.78. The smallest absolute Gasteiger partial charge is 0.200 e. The van der Waals surface area contributed by atoms with Crippen molar-refractivity contribution in [3.05, 3.63) is 12.3 Å². The van der Waals surface area contributed by atoms with E-state index in [1.165, 1.54) is 0 Å². The van der Waals surface area contributed by atoms with E-state index >= 15 is 0 Å². The van der Waals surface area contributed by atoms with E-state index in [4.69, 9.17) is 0 Å². The molecule has 4 heteroatoms. The van der Waals surface area contributed by atoms with Crippen molar-refractivity contribution >= 4 is 19.0 Å². The van der Waals surface area contributed by atoms with Gasteiger partial charge in [-0.25, -0.2) is 0 Å². The van der Waals surface area contributed by atoms with Crippen LogP contribution in [0.25, 0.3) is 0 Å². The maximum Gasteiger partial charge on any atom is 0.200 e. The summed E-state index contributed by atoms with van der Waals surface area (Å²) in [5, 5.41) is 0. The van der Waals surface area contributed by atoms with E-state index in [0.29, 0.717) is 5.54 Å². The summed E-state index contributed by atoms with van der Waals surface area (Å²) in [6.45, 7) is 10.7. The van der Waals surface area contributed by atoms with Gasteiger partial charge in [0.25, 0.3) is 0 Å². The third kappa shape index (κ3) is 1.39. The Balaban J connectivity index is 2.50. The van der Waals surface area contributed by atoms with Crippen molar-refractivity contribution in [2.75, 3.05) is 0 Å². The molecule has 0 amide bonds. The predicted octanol–water partition coefficient (Wildman–Crippen LogP) is -0.365. The zero-order valence-corrected chi connectivity index (χ0v) is 9.59. The average molecular weight is 172 g/mol. The van der Waals surface area contributed by atoms with Gasteiger partial charge < -0.3 is 8.88 Å². The lowest BCUT2D eigenvalue weighted by Gasteiger charge is -2.48. The van der Waals surface area contributed by atoms with Gasteiger partial charge >= 0.3 is 0 Å². The number of nitrogens with one attached hydrogen (secondary N) is 1. The molecule has 1 rings (SSSR count). The lowest BCUT2D eigenvalue weighted by atomic mass is 10.1. The third-order valence-corrected chi connectivity index (χ3v) is 9.20. The minimum absolute atomic E-state index is 0.0699. The van der Waals surface area contributed by atoms with Crippen LogP contribution in [0.3, 0.4) is 0 Å². The Labute approximate surface area is 67.1 Å². The lowest BCUT2D eigenvalue weighted by molar-refractivity contribution is 0.349. The van der Waals surface area contributed by atoms with E-state index < -0.39 is 9.12 Å². The lowest BCUT2D eigenvalue weighted by Crippen LogP contribution is -2.73. The van der Waals surface area contributed by atoms with Gasteiger partial charge in [-0.15, -0.1) is 6.58 Å². The van der Waals surface area contributed by atoms with E-state index in [9.17, 15) is 0 Å². The first kappa shape index (κ1) is 8.19. The second kappa shape index (κ2) is 2.61. The fraction of sp³-hybridized carbons (Fsp3) is 0.667. The highest BCUT2D eigenvalue weighted by Gasteiger charge is 2.34. The van der Waals surface area contributed by atoms with E-state index in [2.05, 4.69) is 41.9 Å². The summed E-state index contributed by atoms with van der Waals surface area (Å²) in [6.07, 6.45) is 0. The molecular weight excluding hydrogens is 156 g/mol. The zero-order chi connectivity index (χ0) is 7.78. The van der Waals surface area contributed by atoms with E-state index in [1.54, 1.807) is 0 Å². The molecule has 1 fully saturated rings. The highest BCUT2D eigenvalue weighted by molar-refractivity contribution is 6.80. The molecule has 1 aliphatic rings. The Hall–Kier alpha value is 0.0938. The first-order valence-electron chi connectivity index (χ1n) is 3.68. The van der Waals surface area contributed by atoms with Crippen molar-refractivity contribution in [2.45, 2.75) is 26.3 Å². The molecule has 0 radical (unpaired) electrons. The van der Waals surface area contributed by atoms with Crippen molar-refractivity contribution in [1.29, 1.82) is 0 Å². The molecular formula is C6H16N2Si2. The Morgan fingerprint density at radius 2 is 2.20 bits per heavy atom. The summed E-state index contributed by atoms with van der Waals surface area (Å²) in [6, 6.07) is 0. The molecule has 1 N–H and O–H groups in total. The Morgan fingerprint density at radius 1 is 1.60 bits per heavy atom. The summed E-state index contributed by atoms with van der Waals surface area (Å²) in [5.74, 6) is 0. The molecule has 1 saturated heterocycles. The molecule has 0 spiro atoms. The highest BCUT2D eigenvalue weighted by atomic mass is 28.4. The first-order chi connectivity index (χ1) is 4.55. The van der Waals surface area contributed by atoms with Crippen LogP contribution in [0.1, 0.15) is 20.8 Å². The molecule has 1 aliphatic heterocycles. The summed E-state index contributed by atoms with van der Waals surface area (Å²) in [4.78, 5) is 0. The Morgan fingerprint density at radius 3 is 2.30 bits per heavy atom.